The maximum atomic E-state index is 13.5. The molecule has 5 rings (SSSR count). The van der Waals surface area contributed by atoms with Gasteiger partial charge in [-0.15, -0.1) is 0 Å². The smallest absolute Gasteiger partial charge is 0.326 e. The number of rotatable bonds is 8. The van der Waals surface area contributed by atoms with Crippen molar-refractivity contribution in [1.29, 1.82) is 0 Å². The fraction of sp³-hybridized carbons (Fsp3) is 0.357. The van der Waals surface area contributed by atoms with Crippen LogP contribution in [0.5, 0.6) is 11.5 Å². The normalized spacial score (nSPS) is 21.1. The van der Waals surface area contributed by atoms with Crippen LogP contribution in [0, 0.1) is 0 Å². The number of urea groups is 1. The fourth-order valence-electron chi connectivity index (χ4n) is 4.85. The first-order valence-electron chi connectivity index (χ1n) is 12.3. The van der Waals surface area contributed by atoms with Crippen molar-refractivity contribution in [2.45, 2.75) is 12.5 Å². The molecule has 8 nitrogen and oxygen atoms in total. The third-order valence-corrected chi connectivity index (χ3v) is 7.13. The van der Waals surface area contributed by atoms with E-state index in [1.807, 2.05) is 66.7 Å². The molecule has 0 radical (unpaired) electrons. The lowest BCUT2D eigenvalue weighted by Gasteiger charge is -2.36. The van der Waals surface area contributed by atoms with E-state index in [9.17, 15) is 9.59 Å². The zero-order chi connectivity index (χ0) is 25.1. The molecule has 0 saturated carbocycles. The summed E-state index contributed by atoms with van der Waals surface area (Å²) in [5.74, 6) is 1.43. The Balaban J connectivity index is 1.17. The van der Waals surface area contributed by atoms with Crippen molar-refractivity contribution in [3.63, 3.8) is 0 Å². The number of benzene rings is 3. The third-order valence-electron chi connectivity index (χ3n) is 7.13. The van der Waals surface area contributed by atoms with Gasteiger partial charge in [0.25, 0.3) is 5.91 Å². The molecule has 0 spiro atoms. The summed E-state index contributed by atoms with van der Waals surface area (Å²) in [6.45, 7) is 6.86. The van der Waals surface area contributed by atoms with E-state index in [0.717, 1.165) is 60.6 Å². The third kappa shape index (κ3) is 4.87. The predicted octanol–water partition coefficient (Wildman–Crippen LogP) is 3.27. The summed E-state index contributed by atoms with van der Waals surface area (Å²) >= 11 is 0. The lowest BCUT2D eigenvalue weighted by Crippen LogP contribution is -2.52. The van der Waals surface area contributed by atoms with Gasteiger partial charge in [-0.2, -0.15) is 0 Å². The highest BCUT2D eigenvalue weighted by atomic mass is 16.5. The summed E-state index contributed by atoms with van der Waals surface area (Å²) < 4.78 is 11.1. The van der Waals surface area contributed by atoms with E-state index < -0.39 is 5.54 Å². The van der Waals surface area contributed by atoms with Crippen molar-refractivity contribution in [2.24, 2.45) is 0 Å². The fourth-order valence-corrected chi connectivity index (χ4v) is 4.85. The molecule has 2 saturated heterocycles. The highest BCUT2D eigenvalue weighted by Crippen LogP contribution is 2.32. The van der Waals surface area contributed by atoms with Crippen LogP contribution in [0.3, 0.4) is 0 Å². The lowest BCUT2D eigenvalue weighted by molar-refractivity contribution is -0.132. The number of nitrogens with one attached hydrogen (secondary N) is 1. The molecule has 2 heterocycles. The molecule has 3 amide bonds. The number of carbonyl (C=O) groups excluding carboxylic acids is 2. The quantitative estimate of drug-likeness (QED) is 0.491. The highest BCUT2D eigenvalue weighted by Gasteiger charge is 2.49. The number of piperazine rings is 1. The van der Waals surface area contributed by atoms with Crippen molar-refractivity contribution >= 4 is 22.7 Å². The van der Waals surface area contributed by atoms with Crippen LogP contribution < -0.4 is 14.8 Å². The molecule has 1 N–H and O–H groups in total. The van der Waals surface area contributed by atoms with E-state index in [4.69, 9.17) is 9.47 Å². The van der Waals surface area contributed by atoms with E-state index >= 15 is 0 Å². The maximum absolute atomic E-state index is 13.5. The minimum atomic E-state index is -1.10. The summed E-state index contributed by atoms with van der Waals surface area (Å²) in [5.41, 5.74) is -0.328. The summed E-state index contributed by atoms with van der Waals surface area (Å²) in [6, 6.07) is 21.1. The lowest BCUT2D eigenvalue weighted by atomic mass is 9.90. The van der Waals surface area contributed by atoms with Crippen LogP contribution in [0.15, 0.2) is 66.7 Å². The Morgan fingerprint density at radius 2 is 1.56 bits per heavy atom. The summed E-state index contributed by atoms with van der Waals surface area (Å²) in [6.07, 6.45) is 0. The Morgan fingerprint density at radius 1 is 0.861 bits per heavy atom. The number of amides is 3. The van der Waals surface area contributed by atoms with Crippen LogP contribution in [-0.2, 0) is 10.3 Å². The van der Waals surface area contributed by atoms with E-state index in [1.165, 1.54) is 4.90 Å². The Kier molecular flexibility index (Phi) is 6.80. The van der Waals surface area contributed by atoms with Crippen molar-refractivity contribution < 1.29 is 19.1 Å². The van der Waals surface area contributed by atoms with Crippen LogP contribution in [0.1, 0.15) is 12.5 Å². The molecule has 3 aromatic rings. The molecule has 8 heteroatoms. The van der Waals surface area contributed by atoms with Gasteiger partial charge in [0.15, 0.2) is 0 Å². The number of fused-ring (bicyclic) bond motifs is 1. The zero-order valence-electron chi connectivity index (χ0n) is 20.8. The average molecular weight is 489 g/mol. The number of carbonyl (C=O) groups is 2. The minimum absolute atomic E-state index is 0.223. The largest absolute Gasteiger partial charge is 0.497 e. The number of hydrogen-bond acceptors (Lipinski definition) is 6. The molecular weight excluding hydrogens is 456 g/mol. The molecular formula is C28H32N4O4. The molecule has 1 atom stereocenters. The highest BCUT2D eigenvalue weighted by molar-refractivity contribution is 6.07. The van der Waals surface area contributed by atoms with Crippen molar-refractivity contribution in [1.82, 2.24) is 20.0 Å². The summed E-state index contributed by atoms with van der Waals surface area (Å²) in [4.78, 5) is 32.2. The number of methoxy groups -OCH3 is 1. The second-order valence-electron chi connectivity index (χ2n) is 9.48. The van der Waals surface area contributed by atoms with Crippen molar-refractivity contribution in [2.75, 3.05) is 53.1 Å². The van der Waals surface area contributed by atoms with Crippen molar-refractivity contribution in [3.8, 4) is 11.5 Å². The van der Waals surface area contributed by atoms with Gasteiger partial charge in [-0.05, 0) is 53.6 Å². The van der Waals surface area contributed by atoms with E-state index in [2.05, 4.69) is 15.1 Å². The summed E-state index contributed by atoms with van der Waals surface area (Å²) in [5, 5.41) is 4.94. The Hall–Kier alpha value is -3.62. The van der Waals surface area contributed by atoms with E-state index in [1.54, 1.807) is 14.0 Å². The number of nitrogens with zero attached hydrogens (tertiary/aromatic N) is 3. The Morgan fingerprint density at radius 3 is 2.31 bits per heavy atom. The second-order valence-corrected chi connectivity index (χ2v) is 9.48. The van der Waals surface area contributed by atoms with Gasteiger partial charge in [-0.25, -0.2) is 9.69 Å². The molecule has 188 valence electrons. The summed E-state index contributed by atoms with van der Waals surface area (Å²) in [7, 11) is 1.64. The SMILES string of the molecule is COc1ccc2cc([C@]3(C)NC(=O)N(CN4CCN(CCOc5ccccc5)CC4)C3=O)ccc2c1. The Labute approximate surface area is 211 Å². The van der Waals surface area contributed by atoms with Gasteiger partial charge in [0, 0.05) is 32.7 Å². The van der Waals surface area contributed by atoms with Crippen LogP contribution in [-0.4, -0.2) is 79.7 Å². The molecule has 0 bridgehead atoms. The topological polar surface area (TPSA) is 74.3 Å². The zero-order valence-corrected chi connectivity index (χ0v) is 20.8. The number of para-hydroxylation sites is 1. The molecule has 0 aliphatic carbocycles. The van der Waals surface area contributed by atoms with E-state index in [-0.39, 0.29) is 11.9 Å². The average Bonchev–Trinajstić information content (AvgIpc) is 3.13. The van der Waals surface area contributed by atoms with Crippen LogP contribution in [0.2, 0.25) is 0 Å². The van der Waals surface area contributed by atoms with Gasteiger partial charge in [0.05, 0.1) is 13.8 Å². The maximum Gasteiger partial charge on any atom is 0.326 e. The van der Waals surface area contributed by atoms with Gasteiger partial charge in [-0.1, -0.05) is 36.4 Å². The molecule has 36 heavy (non-hydrogen) atoms. The first kappa shape index (κ1) is 24.1. The van der Waals surface area contributed by atoms with Gasteiger partial charge in [0.2, 0.25) is 0 Å². The second kappa shape index (κ2) is 10.2. The molecule has 3 aromatic carbocycles. The molecule has 2 aliphatic heterocycles. The molecule has 2 aliphatic rings. The predicted molar refractivity (Wildman–Crippen MR) is 138 cm³/mol. The van der Waals surface area contributed by atoms with Gasteiger partial charge >= 0.3 is 6.03 Å². The first-order valence-corrected chi connectivity index (χ1v) is 12.3. The van der Waals surface area contributed by atoms with Gasteiger partial charge < -0.3 is 14.8 Å². The van der Waals surface area contributed by atoms with Gasteiger partial charge in [-0.3, -0.25) is 14.6 Å². The molecule has 0 unspecified atom stereocenters. The van der Waals surface area contributed by atoms with Crippen LogP contribution >= 0.6 is 0 Å². The molecule has 0 aromatic heterocycles. The van der Waals surface area contributed by atoms with Crippen molar-refractivity contribution in [3.05, 3.63) is 72.3 Å². The van der Waals surface area contributed by atoms with Crippen LogP contribution in [0.25, 0.3) is 10.8 Å². The number of imide groups is 1. The van der Waals surface area contributed by atoms with E-state index in [0.29, 0.717) is 13.3 Å². The number of hydrogen-bond donors (Lipinski definition) is 1. The van der Waals surface area contributed by atoms with Gasteiger partial charge in [0.1, 0.15) is 23.6 Å². The molecule has 2 fully saturated rings. The minimum Gasteiger partial charge on any atom is -0.497 e. The Bertz CT molecular complexity index is 1240. The van der Waals surface area contributed by atoms with Crippen LogP contribution in [0.4, 0.5) is 4.79 Å². The monoisotopic (exact) mass is 488 g/mol. The standard InChI is InChI=1S/C28H32N4O4/c1-28(23-10-8-22-19-25(35-2)11-9-21(22)18-23)26(33)32(27(34)29-28)20-31-14-12-30(13-15-31)16-17-36-24-6-4-3-5-7-24/h3-11,18-19H,12-17,20H2,1-2H3,(H,29,34)/t28-/m0/s1. The number of ether oxygens (including phenoxy) is 2. The first-order chi connectivity index (χ1) is 17.5.